The molecule has 0 atom stereocenters. The molecule has 0 saturated carbocycles. The lowest BCUT2D eigenvalue weighted by Crippen LogP contribution is -2.39. The maximum absolute atomic E-state index is 11.9. The van der Waals surface area contributed by atoms with E-state index < -0.39 is 5.91 Å². The van der Waals surface area contributed by atoms with Gasteiger partial charge in [-0.1, -0.05) is 0 Å². The third kappa shape index (κ3) is 5.04. The summed E-state index contributed by atoms with van der Waals surface area (Å²) in [5, 5.41) is 9.04. The molecule has 2 N–H and O–H groups in total. The summed E-state index contributed by atoms with van der Waals surface area (Å²) >= 11 is 0. The SMILES string of the molecule is COCCCNC(=O)CN(C)C(=O)c1n[nH]c(C)n1. The molecule has 0 bridgehead atoms. The number of nitrogens with zero attached hydrogens (tertiary/aromatic N) is 3. The summed E-state index contributed by atoms with van der Waals surface area (Å²) in [6.45, 7) is 2.78. The number of methoxy groups -OCH3 is 1. The standard InChI is InChI=1S/C11H19N5O3/c1-8-13-10(15-14-8)11(18)16(2)7-9(17)12-5-4-6-19-3/h4-7H2,1-3H3,(H,12,17)(H,13,14,15). The van der Waals surface area contributed by atoms with Crippen molar-refractivity contribution in [2.45, 2.75) is 13.3 Å². The smallest absolute Gasteiger partial charge is 0.293 e. The van der Waals surface area contributed by atoms with Crippen molar-refractivity contribution in [1.82, 2.24) is 25.4 Å². The number of H-pyrrole nitrogens is 1. The van der Waals surface area contributed by atoms with E-state index in [0.29, 0.717) is 19.0 Å². The maximum atomic E-state index is 11.9. The minimum absolute atomic E-state index is 0.0284. The number of aromatic nitrogens is 3. The molecule has 19 heavy (non-hydrogen) atoms. The Morgan fingerprint density at radius 1 is 1.47 bits per heavy atom. The molecule has 0 aromatic carbocycles. The first-order valence-electron chi connectivity index (χ1n) is 5.94. The van der Waals surface area contributed by atoms with E-state index in [1.165, 1.54) is 11.9 Å². The fraction of sp³-hybridized carbons (Fsp3) is 0.636. The van der Waals surface area contributed by atoms with Crippen molar-refractivity contribution in [3.05, 3.63) is 11.6 Å². The van der Waals surface area contributed by atoms with E-state index in [0.717, 1.165) is 6.42 Å². The zero-order chi connectivity index (χ0) is 14.3. The average molecular weight is 269 g/mol. The minimum Gasteiger partial charge on any atom is -0.385 e. The lowest BCUT2D eigenvalue weighted by atomic mass is 10.4. The van der Waals surface area contributed by atoms with Crippen molar-refractivity contribution in [3.63, 3.8) is 0 Å². The lowest BCUT2D eigenvalue weighted by Gasteiger charge is -2.14. The van der Waals surface area contributed by atoms with Gasteiger partial charge in [0.25, 0.3) is 5.91 Å². The number of carbonyl (C=O) groups is 2. The summed E-state index contributed by atoms with van der Waals surface area (Å²) in [6.07, 6.45) is 0.736. The van der Waals surface area contributed by atoms with Gasteiger partial charge in [0.1, 0.15) is 5.82 Å². The molecule has 1 aromatic heterocycles. The van der Waals surface area contributed by atoms with Gasteiger partial charge in [0, 0.05) is 27.3 Å². The van der Waals surface area contributed by atoms with E-state index in [1.807, 2.05) is 0 Å². The van der Waals surface area contributed by atoms with Crippen LogP contribution in [-0.4, -0.2) is 65.7 Å². The van der Waals surface area contributed by atoms with Crippen LogP contribution in [0.3, 0.4) is 0 Å². The molecule has 8 heteroatoms. The van der Waals surface area contributed by atoms with E-state index in [2.05, 4.69) is 20.5 Å². The zero-order valence-corrected chi connectivity index (χ0v) is 11.4. The molecule has 0 saturated heterocycles. The van der Waals surface area contributed by atoms with Gasteiger partial charge in [-0.05, 0) is 13.3 Å². The summed E-state index contributed by atoms with van der Waals surface area (Å²) in [7, 11) is 3.13. The number of likely N-dealkylation sites (N-methyl/N-ethyl adjacent to an activating group) is 1. The summed E-state index contributed by atoms with van der Waals surface area (Å²) in [5.74, 6) is 0.00329. The predicted molar refractivity (Wildman–Crippen MR) is 67.6 cm³/mol. The normalized spacial score (nSPS) is 10.3. The van der Waals surface area contributed by atoms with Gasteiger partial charge < -0.3 is 15.0 Å². The van der Waals surface area contributed by atoms with Crippen LogP contribution in [0, 0.1) is 6.92 Å². The molecule has 0 radical (unpaired) electrons. The van der Waals surface area contributed by atoms with Crippen molar-refractivity contribution >= 4 is 11.8 Å². The Morgan fingerprint density at radius 3 is 2.79 bits per heavy atom. The highest BCUT2D eigenvalue weighted by atomic mass is 16.5. The van der Waals surface area contributed by atoms with Gasteiger partial charge in [-0.2, -0.15) is 0 Å². The molecule has 1 rings (SSSR count). The number of rotatable bonds is 7. The lowest BCUT2D eigenvalue weighted by molar-refractivity contribution is -0.121. The maximum Gasteiger partial charge on any atom is 0.293 e. The molecule has 0 aliphatic rings. The predicted octanol–water partition coefficient (Wildman–Crippen LogP) is -0.662. The van der Waals surface area contributed by atoms with Crippen molar-refractivity contribution in [1.29, 1.82) is 0 Å². The number of aryl methyl sites for hydroxylation is 1. The molecule has 1 heterocycles. The van der Waals surface area contributed by atoms with Gasteiger partial charge in [0.15, 0.2) is 0 Å². The number of ether oxygens (including phenoxy) is 1. The van der Waals surface area contributed by atoms with Gasteiger partial charge in [0.2, 0.25) is 11.7 Å². The number of aromatic amines is 1. The van der Waals surface area contributed by atoms with Gasteiger partial charge in [-0.3, -0.25) is 14.7 Å². The highest BCUT2D eigenvalue weighted by Gasteiger charge is 2.18. The van der Waals surface area contributed by atoms with Crippen LogP contribution in [0.4, 0.5) is 0 Å². The van der Waals surface area contributed by atoms with E-state index in [-0.39, 0.29) is 18.3 Å². The third-order valence-electron chi connectivity index (χ3n) is 2.36. The highest BCUT2D eigenvalue weighted by molar-refractivity contribution is 5.93. The van der Waals surface area contributed by atoms with Gasteiger partial charge in [-0.25, -0.2) is 4.98 Å². The Hall–Kier alpha value is -1.96. The molecule has 8 nitrogen and oxygen atoms in total. The summed E-state index contributed by atoms with van der Waals surface area (Å²) in [4.78, 5) is 28.6. The van der Waals surface area contributed by atoms with Crippen LogP contribution in [-0.2, 0) is 9.53 Å². The Bertz CT molecular complexity index is 432. The van der Waals surface area contributed by atoms with Crippen LogP contribution in [0.25, 0.3) is 0 Å². The molecule has 0 fully saturated rings. The first-order valence-corrected chi connectivity index (χ1v) is 5.94. The molecule has 0 spiro atoms. The minimum atomic E-state index is -0.392. The molecular formula is C11H19N5O3. The van der Waals surface area contributed by atoms with E-state index in [1.54, 1.807) is 14.0 Å². The molecule has 0 aliphatic heterocycles. The summed E-state index contributed by atoms with van der Waals surface area (Å²) in [5.41, 5.74) is 0. The molecule has 106 valence electrons. The topological polar surface area (TPSA) is 100 Å². The highest BCUT2D eigenvalue weighted by Crippen LogP contribution is 1.96. The van der Waals surface area contributed by atoms with Crippen molar-refractivity contribution in [2.24, 2.45) is 0 Å². The van der Waals surface area contributed by atoms with Crippen molar-refractivity contribution < 1.29 is 14.3 Å². The van der Waals surface area contributed by atoms with Crippen LogP contribution in [0.15, 0.2) is 0 Å². The second-order valence-electron chi connectivity index (χ2n) is 4.10. The number of hydrogen-bond donors (Lipinski definition) is 2. The summed E-state index contributed by atoms with van der Waals surface area (Å²) < 4.78 is 4.87. The van der Waals surface area contributed by atoms with Crippen LogP contribution >= 0.6 is 0 Å². The summed E-state index contributed by atoms with van der Waals surface area (Å²) in [6, 6.07) is 0. The van der Waals surface area contributed by atoms with Gasteiger partial charge in [-0.15, -0.1) is 5.10 Å². The van der Waals surface area contributed by atoms with Crippen LogP contribution < -0.4 is 5.32 Å². The Morgan fingerprint density at radius 2 is 2.21 bits per heavy atom. The first kappa shape index (κ1) is 15.1. The Labute approximate surface area is 111 Å². The molecule has 0 aliphatic carbocycles. The fourth-order valence-corrected chi connectivity index (χ4v) is 1.40. The van der Waals surface area contributed by atoms with Crippen LogP contribution in [0.1, 0.15) is 22.9 Å². The quantitative estimate of drug-likeness (QED) is 0.640. The van der Waals surface area contributed by atoms with Crippen LogP contribution in [0.2, 0.25) is 0 Å². The largest absolute Gasteiger partial charge is 0.385 e. The van der Waals surface area contributed by atoms with E-state index >= 15 is 0 Å². The molecular weight excluding hydrogens is 250 g/mol. The second kappa shape index (κ2) is 7.47. The third-order valence-corrected chi connectivity index (χ3v) is 2.36. The molecule has 0 unspecified atom stereocenters. The average Bonchev–Trinajstić information content (AvgIpc) is 2.80. The van der Waals surface area contributed by atoms with Crippen molar-refractivity contribution in [2.75, 3.05) is 33.9 Å². The Balaban J connectivity index is 2.35. The van der Waals surface area contributed by atoms with Gasteiger partial charge >= 0.3 is 0 Å². The Kier molecular flexibility index (Phi) is 5.94. The number of amides is 2. The molecule has 1 aromatic rings. The van der Waals surface area contributed by atoms with E-state index in [4.69, 9.17) is 4.74 Å². The first-order chi connectivity index (χ1) is 9.04. The van der Waals surface area contributed by atoms with Gasteiger partial charge in [0.05, 0.1) is 6.54 Å². The van der Waals surface area contributed by atoms with E-state index in [9.17, 15) is 9.59 Å². The zero-order valence-electron chi connectivity index (χ0n) is 11.4. The van der Waals surface area contributed by atoms with Crippen LogP contribution in [0.5, 0.6) is 0 Å². The molecule has 2 amide bonds. The number of hydrogen-bond acceptors (Lipinski definition) is 5. The number of carbonyl (C=O) groups excluding carboxylic acids is 2. The fourth-order valence-electron chi connectivity index (χ4n) is 1.40. The second-order valence-corrected chi connectivity index (χ2v) is 4.10. The number of nitrogens with one attached hydrogen (secondary N) is 2. The monoisotopic (exact) mass is 269 g/mol. The van der Waals surface area contributed by atoms with Crippen molar-refractivity contribution in [3.8, 4) is 0 Å².